The molecular weight excluding hydrogens is 502 g/mol. The number of nitro groups is 1. The van der Waals surface area contributed by atoms with E-state index in [1.807, 2.05) is 42.5 Å². The third kappa shape index (κ3) is 7.26. The molecule has 0 saturated carbocycles. The van der Waals surface area contributed by atoms with Crippen LogP contribution in [0.4, 0.5) is 5.69 Å². The lowest BCUT2D eigenvalue weighted by atomic mass is 10.1. The fourth-order valence-electron chi connectivity index (χ4n) is 3.46. The van der Waals surface area contributed by atoms with Crippen LogP contribution in [0.25, 0.3) is 11.1 Å². The van der Waals surface area contributed by atoms with Crippen LogP contribution >= 0.6 is 0 Å². The summed E-state index contributed by atoms with van der Waals surface area (Å²) in [6.07, 6.45) is 1.40. The molecule has 39 heavy (non-hydrogen) atoms. The molecule has 0 bridgehead atoms. The number of benzene rings is 4. The molecule has 4 aromatic rings. The summed E-state index contributed by atoms with van der Waals surface area (Å²) in [6, 6.07) is 27.1. The Hall–Kier alpha value is -5.51. The number of hydrogen-bond acceptors (Lipinski definition) is 8. The van der Waals surface area contributed by atoms with Gasteiger partial charge in [-0.25, -0.2) is 10.2 Å². The predicted molar refractivity (Wildman–Crippen MR) is 144 cm³/mol. The summed E-state index contributed by atoms with van der Waals surface area (Å²) in [5.74, 6) is -0.195. The number of carbonyl (C=O) groups excluding carboxylic acids is 2. The van der Waals surface area contributed by atoms with Gasteiger partial charge in [-0.3, -0.25) is 14.9 Å². The zero-order chi connectivity index (χ0) is 27.6. The van der Waals surface area contributed by atoms with Gasteiger partial charge in [0.05, 0.1) is 23.8 Å². The standard InChI is InChI=1S/C29H23N3O7/c1-37-27-17-20(7-16-26(27)39-29(34)23-8-12-24(13-9-23)32(35)36)18-30-31-28(33)19-38-25-14-10-22(11-15-25)21-5-3-2-4-6-21/h2-18H,19H2,1H3,(H,31,33). The van der Waals surface area contributed by atoms with Crippen molar-refractivity contribution in [3.63, 3.8) is 0 Å². The normalized spacial score (nSPS) is 10.6. The molecule has 0 saturated heterocycles. The van der Waals surface area contributed by atoms with E-state index in [2.05, 4.69) is 10.5 Å². The minimum Gasteiger partial charge on any atom is -0.493 e. The number of hydrogen-bond donors (Lipinski definition) is 1. The average molecular weight is 526 g/mol. The van der Waals surface area contributed by atoms with Gasteiger partial charge in [-0.2, -0.15) is 5.10 Å². The number of ether oxygens (including phenoxy) is 3. The van der Waals surface area contributed by atoms with Gasteiger partial charge in [0.15, 0.2) is 18.1 Å². The summed E-state index contributed by atoms with van der Waals surface area (Å²) in [5.41, 5.74) is 5.09. The zero-order valence-corrected chi connectivity index (χ0v) is 20.8. The van der Waals surface area contributed by atoms with E-state index < -0.39 is 16.8 Å². The second-order valence-corrected chi connectivity index (χ2v) is 8.08. The highest BCUT2D eigenvalue weighted by Gasteiger charge is 2.14. The molecular formula is C29H23N3O7. The van der Waals surface area contributed by atoms with Crippen molar-refractivity contribution >= 4 is 23.8 Å². The van der Waals surface area contributed by atoms with Gasteiger partial charge in [0, 0.05) is 12.1 Å². The van der Waals surface area contributed by atoms with Gasteiger partial charge in [0.25, 0.3) is 11.6 Å². The Kier molecular flexibility index (Phi) is 8.60. The van der Waals surface area contributed by atoms with Crippen LogP contribution in [0.3, 0.4) is 0 Å². The van der Waals surface area contributed by atoms with Crippen molar-refractivity contribution in [3.8, 4) is 28.4 Å². The number of nitro benzene ring substituents is 1. The summed E-state index contributed by atoms with van der Waals surface area (Å²) in [7, 11) is 1.41. The predicted octanol–water partition coefficient (Wildman–Crippen LogP) is 5.02. The molecule has 4 rings (SSSR count). The first-order chi connectivity index (χ1) is 18.9. The molecule has 0 radical (unpaired) electrons. The van der Waals surface area contributed by atoms with E-state index in [-0.39, 0.29) is 29.4 Å². The van der Waals surface area contributed by atoms with Crippen molar-refractivity contribution < 1.29 is 28.7 Å². The fraction of sp³-hybridized carbons (Fsp3) is 0.0690. The summed E-state index contributed by atoms with van der Waals surface area (Å²) >= 11 is 0. The number of methoxy groups -OCH3 is 1. The third-order valence-electron chi connectivity index (χ3n) is 5.44. The number of amides is 1. The highest BCUT2D eigenvalue weighted by atomic mass is 16.6. The Morgan fingerprint density at radius 1 is 0.897 bits per heavy atom. The van der Waals surface area contributed by atoms with E-state index >= 15 is 0 Å². The molecule has 0 aromatic heterocycles. The van der Waals surface area contributed by atoms with Crippen molar-refractivity contribution in [3.05, 3.63) is 118 Å². The first-order valence-corrected chi connectivity index (χ1v) is 11.7. The van der Waals surface area contributed by atoms with Crippen LogP contribution in [0, 0.1) is 10.1 Å². The van der Waals surface area contributed by atoms with E-state index in [1.54, 1.807) is 24.3 Å². The van der Waals surface area contributed by atoms with Gasteiger partial charge >= 0.3 is 5.97 Å². The van der Waals surface area contributed by atoms with Gasteiger partial charge in [-0.1, -0.05) is 42.5 Å². The zero-order valence-electron chi connectivity index (χ0n) is 20.8. The van der Waals surface area contributed by atoms with E-state index in [0.29, 0.717) is 11.3 Å². The van der Waals surface area contributed by atoms with Crippen molar-refractivity contribution in [1.82, 2.24) is 5.43 Å². The Morgan fingerprint density at radius 2 is 1.59 bits per heavy atom. The highest BCUT2D eigenvalue weighted by Crippen LogP contribution is 2.28. The second-order valence-electron chi connectivity index (χ2n) is 8.08. The van der Waals surface area contributed by atoms with Crippen LogP contribution < -0.4 is 19.6 Å². The minimum atomic E-state index is -0.702. The largest absolute Gasteiger partial charge is 0.493 e. The fourth-order valence-corrected chi connectivity index (χ4v) is 3.46. The van der Waals surface area contributed by atoms with Gasteiger partial charge in [-0.05, 0) is 59.2 Å². The molecule has 1 amide bonds. The molecule has 0 atom stereocenters. The Morgan fingerprint density at radius 3 is 2.26 bits per heavy atom. The lowest BCUT2D eigenvalue weighted by Gasteiger charge is -2.10. The summed E-state index contributed by atoms with van der Waals surface area (Å²) in [4.78, 5) is 34.7. The first-order valence-electron chi connectivity index (χ1n) is 11.7. The number of carbonyl (C=O) groups is 2. The number of nitrogens with one attached hydrogen (secondary N) is 1. The first kappa shape index (κ1) is 26.6. The van der Waals surface area contributed by atoms with Crippen LogP contribution in [-0.2, 0) is 4.79 Å². The van der Waals surface area contributed by atoms with Gasteiger partial charge in [0.1, 0.15) is 5.75 Å². The SMILES string of the molecule is COc1cc(C=NNC(=O)COc2ccc(-c3ccccc3)cc2)ccc1OC(=O)c1ccc([N+](=O)[O-])cc1. The van der Waals surface area contributed by atoms with Gasteiger partial charge < -0.3 is 14.2 Å². The smallest absolute Gasteiger partial charge is 0.343 e. The lowest BCUT2D eigenvalue weighted by molar-refractivity contribution is -0.384. The molecule has 0 aliphatic rings. The van der Waals surface area contributed by atoms with Crippen molar-refractivity contribution in [2.45, 2.75) is 0 Å². The Labute approximate surface area is 223 Å². The van der Waals surface area contributed by atoms with Crippen LogP contribution in [0.5, 0.6) is 17.2 Å². The van der Waals surface area contributed by atoms with Gasteiger partial charge in [0.2, 0.25) is 0 Å². The molecule has 4 aromatic carbocycles. The van der Waals surface area contributed by atoms with Crippen LogP contribution in [0.1, 0.15) is 15.9 Å². The molecule has 0 fully saturated rings. The molecule has 1 N–H and O–H groups in total. The van der Waals surface area contributed by atoms with Crippen LogP contribution in [-0.4, -0.2) is 36.7 Å². The average Bonchev–Trinajstić information content (AvgIpc) is 2.97. The van der Waals surface area contributed by atoms with E-state index in [1.165, 1.54) is 43.7 Å². The van der Waals surface area contributed by atoms with E-state index in [0.717, 1.165) is 11.1 Å². The topological polar surface area (TPSA) is 129 Å². The number of esters is 1. The van der Waals surface area contributed by atoms with Crippen LogP contribution in [0.2, 0.25) is 0 Å². The summed E-state index contributed by atoms with van der Waals surface area (Å²) in [6.45, 7) is -0.219. The molecule has 0 aliphatic carbocycles. The maximum Gasteiger partial charge on any atom is 0.343 e. The van der Waals surface area contributed by atoms with E-state index in [9.17, 15) is 19.7 Å². The maximum atomic E-state index is 12.4. The van der Waals surface area contributed by atoms with Crippen molar-refractivity contribution in [2.24, 2.45) is 5.10 Å². The monoisotopic (exact) mass is 525 g/mol. The molecule has 0 aliphatic heterocycles. The molecule has 0 unspecified atom stereocenters. The molecule has 0 spiro atoms. The maximum absolute atomic E-state index is 12.4. The molecule has 10 nitrogen and oxygen atoms in total. The minimum absolute atomic E-state index is 0.135. The number of non-ortho nitro benzene ring substituents is 1. The summed E-state index contributed by atoms with van der Waals surface area (Å²) < 4.78 is 16.2. The second kappa shape index (κ2) is 12.6. The highest BCUT2D eigenvalue weighted by molar-refractivity contribution is 5.92. The Bertz CT molecular complexity index is 1490. The molecule has 196 valence electrons. The van der Waals surface area contributed by atoms with E-state index in [4.69, 9.17) is 14.2 Å². The van der Waals surface area contributed by atoms with Crippen LogP contribution in [0.15, 0.2) is 102 Å². The number of nitrogens with zero attached hydrogens (tertiary/aromatic N) is 2. The quantitative estimate of drug-likeness (QED) is 0.101. The van der Waals surface area contributed by atoms with Gasteiger partial charge in [-0.15, -0.1) is 0 Å². The Balaban J connectivity index is 1.28. The molecule has 0 heterocycles. The molecule has 10 heteroatoms. The van der Waals surface area contributed by atoms with Crippen molar-refractivity contribution in [2.75, 3.05) is 13.7 Å². The van der Waals surface area contributed by atoms with Crippen molar-refractivity contribution in [1.29, 1.82) is 0 Å². The lowest BCUT2D eigenvalue weighted by Crippen LogP contribution is -2.24. The summed E-state index contributed by atoms with van der Waals surface area (Å²) in [5, 5.41) is 14.7. The number of rotatable bonds is 10. The number of hydrazone groups is 1. The third-order valence-corrected chi connectivity index (χ3v) is 5.44.